The number of nitrogens with zero attached hydrogens (tertiary/aromatic N) is 4. The third kappa shape index (κ3) is 9.40. The summed E-state index contributed by atoms with van der Waals surface area (Å²) in [5.41, 5.74) is 3.94. The Morgan fingerprint density at radius 2 is 1.94 bits per heavy atom. The molecule has 0 radical (unpaired) electrons. The zero-order valence-corrected chi connectivity index (χ0v) is 32.1. The van der Waals surface area contributed by atoms with Gasteiger partial charge in [0.15, 0.2) is 27.5 Å². The lowest BCUT2D eigenvalue weighted by Crippen LogP contribution is -2.32. The number of carbonyl (C=O) groups is 2. The van der Waals surface area contributed by atoms with Crippen LogP contribution in [0.25, 0.3) is 10.2 Å². The number of ether oxygens (including phenoxy) is 1. The van der Waals surface area contributed by atoms with Crippen molar-refractivity contribution >= 4 is 55.0 Å². The van der Waals surface area contributed by atoms with Crippen LogP contribution in [0.15, 0.2) is 60.7 Å². The molecule has 1 aliphatic rings. The topological polar surface area (TPSA) is 108 Å². The maximum Gasteiger partial charge on any atom is 0.355 e. The van der Waals surface area contributed by atoms with Crippen LogP contribution in [0.4, 0.5) is 14.7 Å². The zero-order chi connectivity index (χ0) is 37.5. The number of carboxylic acid groups (broad SMARTS) is 1. The number of hydrogen-bond acceptors (Lipinski definition) is 9. The number of aryl methyl sites for hydroxylation is 1. The Hall–Kier alpha value is -4.83. The van der Waals surface area contributed by atoms with Crippen LogP contribution in [0, 0.1) is 29.5 Å². The van der Waals surface area contributed by atoms with Gasteiger partial charge >= 0.3 is 5.97 Å². The lowest BCUT2D eigenvalue weighted by molar-refractivity contribution is 0.0690. The number of nitrogens with one attached hydrogen (secondary N) is 1. The second-order valence-electron chi connectivity index (χ2n) is 13.6. The van der Waals surface area contributed by atoms with Crippen molar-refractivity contribution in [2.45, 2.75) is 53.0 Å². The molecule has 0 aliphatic carbocycles. The molecule has 0 saturated carbocycles. The van der Waals surface area contributed by atoms with Crippen molar-refractivity contribution < 1.29 is 23.8 Å². The Kier molecular flexibility index (Phi) is 12.4. The van der Waals surface area contributed by atoms with Gasteiger partial charge in [-0.3, -0.25) is 15.0 Å². The fraction of sp³-hybridized carbons (Fsp3) is 0.366. The first kappa shape index (κ1) is 37.9. The predicted octanol–water partition coefficient (Wildman–Crippen LogP) is 8.38. The average molecular weight is 754 g/mol. The second kappa shape index (κ2) is 17.3. The van der Waals surface area contributed by atoms with Crippen molar-refractivity contribution in [3.8, 4) is 17.6 Å². The van der Waals surface area contributed by atoms with Crippen LogP contribution in [0.2, 0.25) is 0 Å². The molecular formula is C41H44FN5O4S2. The Morgan fingerprint density at radius 3 is 2.70 bits per heavy atom. The molecule has 6 rings (SSSR count). The van der Waals surface area contributed by atoms with Crippen molar-refractivity contribution in [3.05, 3.63) is 99.3 Å². The molecule has 12 heteroatoms. The number of fused-ring (bicyclic) bond motifs is 2. The Bertz CT molecular complexity index is 2120. The van der Waals surface area contributed by atoms with Gasteiger partial charge in [0.2, 0.25) is 0 Å². The number of rotatable bonds is 14. The first-order valence-corrected chi connectivity index (χ1v) is 19.6. The van der Waals surface area contributed by atoms with Crippen LogP contribution in [0.3, 0.4) is 0 Å². The van der Waals surface area contributed by atoms with Crippen molar-refractivity contribution in [3.63, 3.8) is 0 Å². The minimum Gasteiger partial charge on any atom is -0.491 e. The standard InChI is InChI=1S/C41H44FN5O4S2/c1-5-28(26(2)3)24-46(4)20-9-11-27-17-18-34(32(42)23-27)51-22-10-16-36-37(39(49)50)44-41(53-36)47-21-19-29-12-8-13-30(31(29)25-47)38(48)45-40-43-33-14-6-7-15-35(33)52-40/h6-8,12-15,17-18,23,26,28H,5,10,16,19-22,24-25H2,1-4H3,(H,49,50)(H,43,45,48). The van der Waals surface area contributed by atoms with Gasteiger partial charge in [0.1, 0.15) is 0 Å². The number of aromatic carboxylic acids is 1. The van der Waals surface area contributed by atoms with Crippen molar-refractivity contribution in [1.82, 2.24) is 14.9 Å². The first-order chi connectivity index (χ1) is 25.6. The van der Waals surface area contributed by atoms with E-state index in [1.54, 1.807) is 18.2 Å². The number of aromatic nitrogens is 2. The van der Waals surface area contributed by atoms with Crippen LogP contribution in [-0.4, -0.2) is 65.1 Å². The molecule has 1 unspecified atom stereocenters. The average Bonchev–Trinajstić information content (AvgIpc) is 3.76. The van der Waals surface area contributed by atoms with Crippen molar-refractivity contribution in [2.75, 3.05) is 43.5 Å². The number of benzene rings is 3. The Balaban J connectivity index is 1.05. The minimum absolute atomic E-state index is 0.00633. The third-order valence-corrected chi connectivity index (χ3v) is 11.7. The molecule has 3 heterocycles. The number of thiazole rings is 2. The molecule has 2 N–H and O–H groups in total. The number of anilines is 2. The third-order valence-electron chi connectivity index (χ3n) is 9.52. The van der Waals surface area contributed by atoms with E-state index < -0.39 is 11.8 Å². The van der Waals surface area contributed by atoms with Crippen LogP contribution in [0.1, 0.15) is 76.0 Å². The summed E-state index contributed by atoms with van der Waals surface area (Å²) >= 11 is 2.76. The lowest BCUT2D eigenvalue weighted by Gasteiger charge is -2.29. The summed E-state index contributed by atoms with van der Waals surface area (Å²) in [6, 6.07) is 18.2. The Labute approximate surface area is 317 Å². The summed E-state index contributed by atoms with van der Waals surface area (Å²) in [6.45, 7) is 9.53. The number of amides is 1. The second-order valence-corrected chi connectivity index (χ2v) is 15.7. The number of hydrogen-bond donors (Lipinski definition) is 2. The van der Waals surface area contributed by atoms with E-state index in [1.165, 1.54) is 28.7 Å². The lowest BCUT2D eigenvalue weighted by atomic mass is 9.93. The summed E-state index contributed by atoms with van der Waals surface area (Å²) in [6.07, 6.45) is 2.70. The number of carboxylic acids is 1. The quantitative estimate of drug-likeness (QED) is 0.0861. The maximum absolute atomic E-state index is 14.9. The molecule has 1 aliphatic heterocycles. The van der Waals surface area contributed by atoms with Gasteiger partial charge in [-0.2, -0.15) is 0 Å². The van der Waals surface area contributed by atoms with Gasteiger partial charge in [-0.05, 0) is 85.7 Å². The van der Waals surface area contributed by atoms with Crippen LogP contribution < -0.4 is 15.0 Å². The Morgan fingerprint density at radius 1 is 1.11 bits per heavy atom. The van der Waals surface area contributed by atoms with Crippen LogP contribution in [0.5, 0.6) is 5.75 Å². The van der Waals surface area contributed by atoms with Gasteiger partial charge in [0, 0.05) is 35.6 Å². The molecule has 0 bridgehead atoms. The molecule has 3 aromatic carbocycles. The first-order valence-electron chi connectivity index (χ1n) is 17.9. The number of halogens is 1. The monoisotopic (exact) mass is 753 g/mol. The number of para-hydroxylation sites is 1. The molecular weight excluding hydrogens is 710 g/mol. The normalized spacial score (nSPS) is 13.2. The van der Waals surface area contributed by atoms with Gasteiger partial charge in [0.05, 0.1) is 23.4 Å². The molecule has 2 aromatic heterocycles. The van der Waals surface area contributed by atoms with E-state index in [0.717, 1.165) is 34.3 Å². The molecule has 276 valence electrons. The highest BCUT2D eigenvalue weighted by Gasteiger charge is 2.27. The molecule has 9 nitrogen and oxygen atoms in total. The van der Waals surface area contributed by atoms with Crippen molar-refractivity contribution in [2.24, 2.45) is 11.8 Å². The molecule has 0 fully saturated rings. The van der Waals surface area contributed by atoms with Gasteiger partial charge < -0.3 is 14.7 Å². The van der Waals surface area contributed by atoms with Gasteiger partial charge in [0.25, 0.3) is 5.91 Å². The maximum atomic E-state index is 14.9. The molecule has 0 spiro atoms. The summed E-state index contributed by atoms with van der Waals surface area (Å²) in [7, 11) is 2.06. The highest BCUT2D eigenvalue weighted by molar-refractivity contribution is 7.22. The highest BCUT2D eigenvalue weighted by atomic mass is 32.1. The van der Waals surface area contributed by atoms with Crippen LogP contribution >= 0.6 is 22.7 Å². The summed E-state index contributed by atoms with van der Waals surface area (Å²) in [5, 5.41) is 14.1. The van der Waals surface area contributed by atoms with E-state index in [2.05, 4.69) is 59.8 Å². The summed E-state index contributed by atoms with van der Waals surface area (Å²) < 4.78 is 21.6. The van der Waals surface area contributed by atoms with Crippen molar-refractivity contribution in [1.29, 1.82) is 0 Å². The van der Waals surface area contributed by atoms with E-state index in [4.69, 9.17) is 4.74 Å². The zero-order valence-electron chi connectivity index (χ0n) is 30.4. The minimum atomic E-state index is -1.10. The molecule has 1 amide bonds. The number of carbonyl (C=O) groups excluding carboxylic acids is 1. The van der Waals surface area contributed by atoms with Gasteiger partial charge in [-0.15, -0.1) is 11.3 Å². The molecule has 53 heavy (non-hydrogen) atoms. The summed E-state index contributed by atoms with van der Waals surface area (Å²) in [5.74, 6) is 5.74. The highest BCUT2D eigenvalue weighted by Crippen LogP contribution is 2.33. The van der Waals surface area contributed by atoms with Gasteiger partial charge in [-0.1, -0.05) is 74.6 Å². The molecule has 0 saturated heterocycles. The van der Waals surface area contributed by atoms with E-state index in [-0.39, 0.29) is 24.0 Å². The van der Waals surface area contributed by atoms with E-state index in [0.29, 0.717) is 77.0 Å². The SMILES string of the molecule is CCC(CN(C)CC#Cc1ccc(OCCCc2sc(N3CCc4cccc(C(=O)Nc5nc6ccccc6s5)c4C3)nc2C(=O)O)c(F)c1)C(C)C. The fourth-order valence-electron chi connectivity index (χ4n) is 6.52. The smallest absolute Gasteiger partial charge is 0.355 e. The fourth-order valence-corrected chi connectivity index (χ4v) is 8.50. The van der Waals surface area contributed by atoms with Gasteiger partial charge in [-0.25, -0.2) is 19.2 Å². The predicted molar refractivity (Wildman–Crippen MR) is 211 cm³/mol. The molecule has 5 aromatic rings. The van der Waals surface area contributed by atoms with E-state index in [1.807, 2.05) is 41.3 Å². The van der Waals surface area contributed by atoms with E-state index in [9.17, 15) is 19.1 Å². The summed E-state index contributed by atoms with van der Waals surface area (Å²) in [4.78, 5) is 39.6. The van der Waals surface area contributed by atoms with Crippen LogP contribution in [-0.2, 0) is 19.4 Å². The largest absolute Gasteiger partial charge is 0.491 e. The molecule has 1 atom stereocenters. The van der Waals surface area contributed by atoms with E-state index >= 15 is 0 Å².